The summed E-state index contributed by atoms with van der Waals surface area (Å²) in [5, 5.41) is 21.4. The van der Waals surface area contributed by atoms with E-state index in [0.717, 1.165) is 39.0 Å². The Balaban J connectivity index is 2.38. The zero-order valence-corrected chi connectivity index (χ0v) is 10.4. The Labute approximate surface area is 98.6 Å². The van der Waals surface area contributed by atoms with Gasteiger partial charge in [0.2, 0.25) is 0 Å². The van der Waals surface area contributed by atoms with Crippen LogP contribution < -0.4 is 5.32 Å². The standard InChI is InChI=1S/C12H26N2O2/c1-2-13-12-8-11(4-3-6-15)9-14(10-12)5-7-16/h11-13,15-16H,2-10H2,1H3. The number of aliphatic hydroxyl groups is 2. The molecule has 2 atom stereocenters. The molecule has 1 heterocycles. The molecule has 1 fully saturated rings. The van der Waals surface area contributed by atoms with Crippen LogP contribution in [0.15, 0.2) is 0 Å². The van der Waals surface area contributed by atoms with Gasteiger partial charge in [0.05, 0.1) is 6.61 Å². The van der Waals surface area contributed by atoms with E-state index in [1.54, 1.807) is 0 Å². The first-order valence-corrected chi connectivity index (χ1v) is 6.47. The van der Waals surface area contributed by atoms with Crippen molar-refractivity contribution in [3.63, 3.8) is 0 Å². The van der Waals surface area contributed by atoms with E-state index in [4.69, 9.17) is 10.2 Å². The van der Waals surface area contributed by atoms with Crippen LogP contribution in [0.2, 0.25) is 0 Å². The first-order valence-electron chi connectivity index (χ1n) is 6.47. The van der Waals surface area contributed by atoms with Crippen LogP contribution in [0.1, 0.15) is 26.2 Å². The lowest BCUT2D eigenvalue weighted by molar-refractivity contribution is 0.109. The number of likely N-dealkylation sites (N-methyl/N-ethyl adjacent to an activating group) is 1. The van der Waals surface area contributed by atoms with Crippen LogP contribution >= 0.6 is 0 Å². The average Bonchev–Trinajstić information content (AvgIpc) is 2.27. The monoisotopic (exact) mass is 230 g/mol. The predicted octanol–water partition coefficient (Wildman–Crippen LogP) is 0.0512. The molecule has 1 aliphatic heterocycles. The molecule has 1 aliphatic rings. The summed E-state index contributed by atoms with van der Waals surface area (Å²) in [6, 6.07) is 0.550. The van der Waals surface area contributed by atoms with Crippen LogP contribution in [0.5, 0.6) is 0 Å². The molecule has 2 unspecified atom stereocenters. The molecule has 0 aromatic carbocycles. The number of aliphatic hydroxyl groups excluding tert-OH is 2. The minimum Gasteiger partial charge on any atom is -0.396 e. The second kappa shape index (κ2) is 8.01. The van der Waals surface area contributed by atoms with Crippen molar-refractivity contribution < 1.29 is 10.2 Å². The maximum Gasteiger partial charge on any atom is 0.0558 e. The van der Waals surface area contributed by atoms with Gasteiger partial charge in [-0.2, -0.15) is 0 Å². The zero-order valence-electron chi connectivity index (χ0n) is 10.4. The van der Waals surface area contributed by atoms with Crippen molar-refractivity contribution in [1.29, 1.82) is 0 Å². The fourth-order valence-electron chi connectivity index (χ4n) is 2.65. The first kappa shape index (κ1) is 13.9. The van der Waals surface area contributed by atoms with E-state index >= 15 is 0 Å². The molecule has 0 amide bonds. The molecule has 96 valence electrons. The van der Waals surface area contributed by atoms with Gasteiger partial charge in [-0.3, -0.25) is 4.90 Å². The topological polar surface area (TPSA) is 55.7 Å². The number of hydrogen-bond acceptors (Lipinski definition) is 4. The van der Waals surface area contributed by atoms with Gasteiger partial charge in [0.1, 0.15) is 0 Å². The van der Waals surface area contributed by atoms with Gasteiger partial charge in [-0.1, -0.05) is 6.92 Å². The van der Waals surface area contributed by atoms with E-state index in [1.165, 1.54) is 6.42 Å². The molecule has 0 radical (unpaired) electrons. The second-order valence-electron chi connectivity index (χ2n) is 4.71. The van der Waals surface area contributed by atoms with Crippen molar-refractivity contribution in [2.24, 2.45) is 5.92 Å². The Hall–Kier alpha value is -0.160. The predicted molar refractivity (Wildman–Crippen MR) is 65.4 cm³/mol. The highest BCUT2D eigenvalue weighted by Crippen LogP contribution is 2.21. The normalized spacial score (nSPS) is 27.2. The maximum absolute atomic E-state index is 8.99. The van der Waals surface area contributed by atoms with Gasteiger partial charge in [-0.05, 0) is 31.7 Å². The molecule has 1 rings (SSSR count). The molecule has 3 N–H and O–H groups in total. The highest BCUT2D eigenvalue weighted by atomic mass is 16.3. The van der Waals surface area contributed by atoms with Gasteiger partial charge in [-0.25, -0.2) is 0 Å². The third-order valence-corrected chi connectivity index (χ3v) is 3.29. The fraction of sp³-hybridized carbons (Fsp3) is 1.00. The number of likely N-dealkylation sites (tertiary alicyclic amines) is 1. The van der Waals surface area contributed by atoms with Crippen LogP contribution in [0.25, 0.3) is 0 Å². The van der Waals surface area contributed by atoms with Gasteiger partial charge < -0.3 is 15.5 Å². The summed E-state index contributed by atoms with van der Waals surface area (Å²) in [6.45, 7) is 6.57. The van der Waals surface area contributed by atoms with Crippen LogP contribution in [0, 0.1) is 5.92 Å². The van der Waals surface area contributed by atoms with Crippen molar-refractivity contribution in [3.05, 3.63) is 0 Å². The molecule has 0 aromatic heterocycles. The van der Waals surface area contributed by atoms with Crippen molar-refractivity contribution in [2.75, 3.05) is 39.4 Å². The van der Waals surface area contributed by atoms with Crippen molar-refractivity contribution >= 4 is 0 Å². The molecule has 0 aliphatic carbocycles. The highest BCUT2D eigenvalue weighted by Gasteiger charge is 2.25. The zero-order chi connectivity index (χ0) is 11.8. The summed E-state index contributed by atoms with van der Waals surface area (Å²) in [4.78, 5) is 2.33. The Kier molecular flexibility index (Phi) is 6.96. The molecule has 0 saturated carbocycles. The minimum absolute atomic E-state index is 0.242. The summed E-state index contributed by atoms with van der Waals surface area (Å²) < 4.78 is 0. The van der Waals surface area contributed by atoms with Gasteiger partial charge >= 0.3 is 0 Å². The van der Waals surface area contributed by atoms with Crippen LogP contribution in [-0.4, -0.2) is 60.5 Å². The lowest BCUT2D eigenvalue weighted by Gasteiger charge is -2.38. The quantitative estimate of drug-likeness (QED) is 0.578. The fourth-order valence-corrected chi connectivity index (χ4v) is 2.65. The summed E-state index contributed by atoms with van der Waals surface area (Å²) in [7, 11) is 0. The molecule has 4 heteroatoms. The second-order valence-corrected chi connectivity index (χ2v) is 4.71. The molecule has 0 bridgehead atoms. The molecular formula is C12H26N2O2. The summed E-state index contributed by atoms with van der Waals surface area (Å²) in [5.41, 5.74) is 0. The SMILES string of the molecule is CCNC1CC(CCCO)CN(CCO)C1. The summed E-state index contributed by atoms with van der Waals surface area (Å²) in [5.74, 6) is 0.663. The lowest BCUT2D eigenvalue weighted by atomic mass is 9.90. The largest absolute Gasteiger partial charge is 0.396 e. The molecule has 1 saturated heterocycles. The van der Waals surface area contributed by atoms with E-state index in [2.05, 4.69) is 17.1 Å². The third kappa shape index (κ3) is 4.78. The van der Waals surface area contributed by atoms with Crippen molar-refractivity contribution in [2.45, 2.75) is 32.2 Å². The Bertz CT molecular complexity index is 164. The Morgan fingerprint density at radius 2 is 2.06 bits per heavy atom. The molecule has 0 spiro atoms. The van der Waals surface area contributed by atoms with E-state index in [9.17, 15) is 0 Å². The van der Waals surface area contributed by atoms with Gasteiger partial charge in [0.15, 0.2) is 0 Å². The van der Waals surface area contributed by atoms with Crippen LogP contribution in [0.3, 0.4) is 0 Å². The van der Waals surface area contributed by atoms with Crippen molar-refractivity contribution in [3.8, 4) is 0 Å². The highest BCUT2D eigenvalue weighted by molar-refractivity contribution is 4.83. The average molecular weight is 230 g/mol. The Morgan fingerprint density at radius 3 is 2.69 bits per heavy atom. The van der Waals surface area contributed by atoms with Gasteiger partial charge in [0, 0.05) is 32.3 Å². The number of piperidine rings is 1. The smallest absolute Gasteiger partial charge is 0.0558 e. The van der Waals surface area contributed by atoms with Gasteiger partial charge in [0.25, 0.3) is 0 Å². The van der Waals surface area contributed by atoms with E-state index in [0.29, 0.717) is 18.6 Å². The van der Waals surface area contributed by atoms with E-state index in [1.807, 2.05) is 0 Å². The minimum atomic E-state index is 0.242. The number of nitrogens with one attached hydrogen (secondary N) is 1. The van der Waals surface area contributed by atoms with E-state index < -0.39 is 0 Å². The van der Waals surface area contributed by atoms with E-state index in [-0.39, 0.29) is 6.61 Å². The number of rotatable bonds is 7. The lowest BCUT2D eigenvalue weighted by Crippen LogP contribution is -2.49. The third-order valence-electron chi connectivity index (χ3n) is 3.29. The summed E-state index contributed by atoms with van der Waals surface area (Å²) in [6.07, 6.45) is 3.20. The van der Waals surface area contributed by atoms with Crippen LogP contribution in [0.4, 0.5) is 0 Å². The summed E-state index contributed by atoms with van der Waals surface area (Å²) >= 11 is 0. The van der Waals surface area contributed by atoms with Crippen LogP contribution in [-0.2, 0) is 0 Å². The number of hydrogen-bond donors (Lipinski definition) is 3. The number of β-amino-alcohol motifs (C(OH)–C–C–N with tert-alkyl or cyclic N) is 1. The Morgan fingerprint density at radius 1 is 1.25 bits per heavy atom. The molecule has 0 aromatic rings. The molecule has 4 nitrogen and oxygen atoms in total. The van der Waals surface area contributed by atoms with Gasteiger partial charge in [-0.15, -0.1) is 0 Å². The van der Waals surface area contributed by atoms with Crippen molar-refractivity contribution in [1.82, 2.24) is 10.2 Å². The molecular weight excluding hydrogens is 204 g/mol. The first-order chi connectivity index (χ1) is 7.80. The molecule has 16 heavy (non-hydrogen) atoms. The number of nitrogens with zero attached hydrogens (tertiary/aromatic N) is 1. The maximum atomic E-state index is 8.99.